The zero-order chi connectivity index (χ0) is 26.2. The van der Waals surface area contributed by atoms with Crippen molar-refractivity contribution in [2.75, 3.05) is 20.3 Å². The van der Waals surface area contributed by atoms with Crippen LogP contribution in [0.15, 0.2) is 48.7 Å². The molecule has 6 rings (SSSR count). The molecule has 1 N–H and O–H groups in total. The molecule has 2 aliphatic rings. The topological polar surface area (TPSA) is 103 Å². The summed E-state index contributed by atoms with van der Waals surface area (Å²) in [6.07, 6.45) is 3.65. The van der Waals surface area contributed by atoms with E-state index in [1.165, 1.54) is 0 Å². The number of aromatic amines is 1. The zero-order valence-corrected chi connectivity index (χ0v) is 21.5. The number of nitrogens with zero attached hydrogens (tertiary/aromatic N) is 2. The Morgan fingerprint density at radius 3 is 2.68 bits per heavy atom. The summed E-state index contributed by atoms with van der Waals surface area (Å²) in [5.41, 5.74) is 5.22. The van der Waals surface area contributed by atoms with Crippen molar-refractivity contribution in [1.29, 1.82) is 0 Å². The van der Waals surface area contributed by atoms with E-state index in [1.54, 1.807) is 13.3 Å². The van der Waals surface area contributed by atoms with Gasteiger partial charge in [-0.15, -0.1) is 0 Å². The summed E-state index contributed by atoms with van der Waals surface area (Å²) in [4.78, 5) is 32.5. The lowest BCUT2D eigenvalue weighted by Gasteiger charge is -2.29. The number of rotatable bonds is 5. The van der Waals surface area contributed by atoms with Crippen LogP contribution in [-0.2, 0) is 15.9 Å². The Bertz CT molecular complexity index is 1540. The van der Waals surface area contributed by atoms with Gasteiger partial charge in [-0.05, 0) is 36.6 Å². The fourth-order valence-electron chi connectivity index (χ4n) is 5.78. The van der Waals surface area contributed by atoms with Crippen LogP contribution in [0.5, 0.6) is 5.75 Å². The third-order valence-corrected chi connectivity index (χ3v) is 7.58. The first kappa shape index (κ1) is 24.3. The summed E-state index contributed by atoms with van der Waals surface area (Å²) in [7, 11) is 1.64. The number of ketones is 1. The molecule has 1 aliphatic heterocycles. The number of para-hydroxylation sites is 1. The molecule has 1 unspecified atom stereocenters. The fourth-order valence-corrected chi connectivity index (χ4v) is 5.78. The summed E-state index contributed by atoms with van der Waals surface area (Å²) in [5, 5.41) is 8.04. The quantitative estimate of drug-likeness (QED) is 0.368. The fraction of sp³-hybridized carbons (Fsp3) is 0.333. The number of pyridine rings is 1. The summed E-state index contributed by atoms with van der Waals surface area (Å²) >= 11 is 0. The van der Waals surface area contributed by atoms with Gasteiger partial charge in [0.05, 0.1) is 49.0 Å². The van der Waals surface area contributed by atoms with Gasteiger partial charge in [0.1, 0.15) is 11.9 Å². The van der Waals surface area contributed by atoms with E-state index in [9.17, 15) is 9.59 Å². The number of hydrogen-bond acceptors (Lipinski definition) is 7. The van der Waals surface area contributed by atoms with Crippen LogP contribution in [0.1, 0.15) is 62.8 Å². The Balaban J connectivity index is 1.52. The number of ether oxygens (including phenoxy) is 3. The Hall–Kier alpha value is -4.04. The van der Waals surface area contributed by atoms with Crippen LogP contribution >= 0.6 is 0 Å². The Morgan fingerprint density at radius 2 is 1.87 bits per heavy atom. The number of carbonyl (C=O) groups is 2. The van der Waals surface area contributed by atoms with Gasteiger partial charge in [0.2, 0.25) is 0 Å². The van der Waals surface area contributed by atoms with Gasteiger partial charge in [0.15, 0.2) is 5.78 Å². The number of esters is 1. The monoisotopic (exact) mass is 511 g/mol. The number of aryl methyl sites for hydroxylation is 1. The number of methoxy groups -OCH3 is 1. The van der Waals surface area contributed by atoms with Crippen molar-refractivity contribution in [3.63, 3.8) is 0 Å². The van der Waals surface area contributed by atoms with E-state index in [0.29, 0.717) is 67.0 Å². The van der Waals surface area contributed by atoms with Crippen molar-refractivity contribution in [2.24, 2.45) is 0 Å². The van der Waals surface area contributed by atoms with E-state index >= 15 is 0 Å². The first-order chi connectivity index (χ1) is 18.5. The number of H-pyrrole nitrogens is 1. The molecule has 1 atom stereocenters. The predicted molar refractivity (Wildman–Crippen MR) is 142 cm³/mol. The van der Waals surface area contributed by atoms with Crippen LogP contribution in [0.3, 0.4) is 0 Å². The van der Waals surface area contributed by atoms with Crippen LogP contribution in [0, 0.1) is 6.92 Å². The lowest BCUT2D eigenvalue weighted by atomic mass is 9.77. The molecule has 0 spiro atoms. The van der Waals surface area contributed by atoms with Crippen molar-refractivity contribution in [1.82, 2.24) is 15.2 Å². The van der Waals surface area contributed by atoms with Crippen molar-refractivity contribution >= 4 is 22.7 Å². The highest BCUT2D eigenvalue weighted by atomic mass is 16.6. The first-order valence-electron chi connectivity index (χ1n) is 13.0. The molecule has 1 aliphatic carbocycles. The van der Waals surface area contributed by atoms with Crippen molar-refractivity contribution in [2.45, 2.75) is 44.6 Å². The minimum atomic E-state index is -0.458. The summed E-state index contributed by atoms with van der Waals surface area (Å²) in [6, 6.07) is 13.5. The second kappa shape index (κ2) is 10.0. The van der Waals surface area contributed by atoms with Gasteiger partial charge in [-0.1, -0.05) is 30.3 Å². The molecule has 8 heteroatoms. The standard InChI is InChI=1S/C30H29N3O5/c1-17-27(30(35)38-19-10-12-37-13-11-19)28(21-7-5-8-23-22(21)16-31-33-23)29-24(32-17)14-18(15-25(29)34)20-6-3-4-9-26(20)36-2/h3-9,16,18-19H,10-15H2,1-2H3,(H,31,33). The molecule has 38 heavy (non-hydrogen) atoms. The number of fused-ring (bicyclic) bond motifs is 2. The van der Waals surface area contributed by atoms with Gasteiger partial charge in [0.25, 0.3) is 0 Å². The van der Waals surface area contributed by atoms with Crippen molar-refractivity contribution in [3.05, 3.63) is 76.7 Å². The third-order valence-electron chi connectivity index (χ3n) is 7.58. The maximum absolute atomic E-state index is 13.9. The number of hydrogen-bond donors (Lipinski definition) is 1. The molecule has 0 bridgehead atoms. The zero-order valence-electron chi connectivity index (χ0n) is 21.5. The SMILES string of the molecule is COc1ccccc1C1CC(=O)c2c(nc(C)c(C(=O)OC3CCOCC3)c2-c2cccc3[nH]ncc23)C1. The highest BCUT2D eigenvalue weighted by Crippen LogP contribution is 2.43. The Morgan fingerprint density at radius 1 is 1.05 bits per heavy atom. The average molecular weight is 512 g/mol. The number of benzene rings is 2. The predicted octanol–water partition coefficient (Wildman–Crippen LogP) is 5.19. The van der Waals surface area contributed by atoms with Gasteiger partial charge in [0, 0.05) is 41.7 Å². The van der Waals surface area contributed by atoms with Crippen molar-refractivity contribution < 1.29 is 23.8 Å². The molecule has 3 heterocycles. The van der Waals surface area contributed by atoms with Gasteiger partial charge in [-0.2, -0.15) is 5.10 Å². The molecule has 0 radical (unpaired) electrons. The van der Waals surface area contributed by atoms with Gasteiger partial charge >= 0.3 is 5.97 Å². The number of Topliss-reactive ketones (excluding diaryl/α,β-unsaturated/α-hetero) is 1. The molecule has 1 fully saturated rings. The molecule has 0 saturated carbocycles. The van der Waals surface area contributed by atoms with E-state index in [4.69, 9.17) is 19.2 Å². The average Bonchev–Trinajstić information content (AvgIpc) is 3.42. The Kier molecular flexibility index (Phi) is 6.41. The molecule has 2 aromatic heterocycles. The molecular formula is C30H29N3O5. The smallest absolute Gasteiger partial charge is 0.340 e. The minimum absolute atomic E-state index is 0.0507. The second-order valence-corrected chi connectivity index (χ2v) is 9.89. The van der Waals surface area contributed by atoms with Gasteiger partial charge in [-0.3, -0.25) is 14.9 Å². The largest absolute Gasteiger partial charge is 0.496 e. The Labute approximate surface area is 220 Å². The van der Waals surface area contributed by atoms with Crippen LogP contribution < -0.4 is 4.74 Å². The summed E-state index contributed by atoms with van der Waals surface area (Å²) < 4.78 is 17.0. The maximum atomic E-state index is 13.9. The van der Waals surface area contributed by atoms with E-state index in [2.05, 4.69) is 10.2 Å². The van der Waals surface area contributed by atoms with Crippen LogP contribution in [0.2, 0.25) is 0 Å². The molecule has 8 nitrogen and oxygen atoms in total. The second-order valence-electron chi connectivity index (χ2n) is 9.89. The highest BCUT2D eigenvalue weighted by molar-refractivity contribution is 6.13. The number of carbonyl (C=O) groups excluding carboxylic acids is 2. The molecule has 194 valence electrons. The molecule has 0 amide bonds. The van der Waals surface area contributed by atoms with E-state index in [1.807, 2.05) is 49.4 Å². The third kappa shape index (κ3) is 4.24. The van der Waals surface area contributed by atoms with Gasteiger partial charge in [-0.25, -0.2) is 4.79 Å². The van der Waals surface area contributed by atoms with E-state index < -0.39 is 5.97 Å². The van der Waals surface area contributed by atoms with Crippen LogP contribution in [0.4, 0.5) is 0 Å². The normalized spacial score (nSPS) is 17.8. The lowest BCUT2D eigenvalue weighted by molar-refractivity contribution is -0.0159. The maximum Gasteiger partial charge on any atom is 0.340 e. The summed E-state index contributed by atoms with van der Waals surface area (Å²) in [6.45, 7) is 2.93. The molecule has 4 aromatic rings. The first-order valence-corrected chi connectivity index (χ1v) is 13.0. The molecule has 1 saturated heterocycles. The van der Waals surface area contributed by atoms with Crippen LogP contribution in [-0.4, -0.2) is 53.4 Å². The van der Waals surface area contributed by atoms with E-state index in [-0.39, 0.29) is 17.8 Å². The molecule has 2 aromatic carbocycles. The molecular weight excluding hydrogens is 482 g/mol. The summed E-state index contributed by atoms with van der Waals surface area (Å²) in [5.74, 6) is 0.172. The number of aromatic nitrogens is 3. The highest BCUT2D eigenvalue weighted by Gasteiger charge is 2.36. The number of nitrogens with one attached hydrogen (secondary N) is 1. The van der Waals surface area contributed by atoms with E-state index in [0.717, 1.165) is 27.8 Å². The van der Waals surface area contributed by atoms with Gasteiger partial charge < -0.3 is 14.2 Å². The minimum Gasteiger partial charge on any atom is -0.496 e. The lowest BCUT2D eigenvalue weighted by Crippen LogP contribution is -2.28. The van der Waals surface area contributed by atoms with Crippen molar-refractivity contribution in [3.8, 4) is 16.9 Å². The van der Waals surface area contributed by atoms with Crippen LogP contribution in [0.25, 0.3) is 22.0 Å².